The van der Waals surface area contributed by atoms with Crippen molar-refractivity contribution in [1.82, 2.24) is 0 Å². The van der Waals surface area contributed by atoms with Crippen molar-refractivity contribution in [2.75, 3.05) is 5.32 Å². The summed E-state index contributed by atoms with van der Waals surface area (Å²) in [5, 5.41) is 2.35. The first-order chi connectivity index (χ1) is 9.70. The van der Waals surface area contributed by atoms with Crippen LogP contribution < -0.4 is 11.1 Å². The summed E-state index contributed by atoms with van der Waals surface area (Å²) < 4.78 is 23.8. The number of halogens is 1. The molecule has 0 radical (unpaired) electrons. The third-order valence-corrected chi connectivity index (χ3v) is 5.30. The Morgan fingerprint density at radius 1 is 1.27 bits per heavy atom. The molecule has 1 amide bonds. The molecule has 1 rings (SSSR count). The number of sulfone groups is 1. The van der Waals surface area contributed by atoms with Crippen LogP contribution in [-0.4, -0.2) is 25.6 Å². The van der Waals surface area contributed by atoms with Crippen molar-refractivity contribution in [3.63, 3.8) is 0 Å². The summed E-state index contributed by atoms with van der Waals surface area (Å²) >= 11 is 0. The SMILES string of the molecule is CC(N)CCC(=O)Nc1cccc(CS(=O)(=O)C(C)C)c1.Cl. The highest BCUT2D eigenvalue weighted by Crippen LogP contribution is 2.16. The molecule has 1 aromatic rings. The Labute approximate surface area is 139 Å². The molecule has 1 unspecified atom stereocenters. The highest BCUT2D eigenvalue weighted by atomic mass is 35.5. The Bertz CT molecular complexity index is 586. The molecule has 1 atom stereocenters. The molecule has 0 aliphatic carbocycles. The van der Waals surface area contributed by atoms with E-state index in [1.807, 2.05) is 6.92 Å². The van der Waals surface area contributed by atoms with E-state index >= 15 is 0 Å². The molecule has 5 nitrogen and oxygen atoms in total. The van der Waals surface area contributed by atoms with Crippen LogP contribution in [0.3, 0.4) is 0 Å². The molecule has 0 heterocycles. The Balaban J connectivity index is 0.00000441. The fraction of sp³-hybridized carbons (Fsp3) is 0.533. The predicted octanol–water partition coefficient (Wildman–Crippen LogP) is 2.50. The molecule has 0 aliphatic heterocycles. The van der Waals surface area contributed by atoms with Crippen molar-refractivity contribution in [2.24, 2.45) is 5.73 Å². The topological polar surface area (TPSA) is 89.3 Å². The van der Waals surface area contributed by atoms with Crippen LogP contribution in [0.25, 0.3) is 0 Å². The first kappa shape index (κ1) is 20.9. The standard InChI is InChI=1S/C15H24N2O3S.ClH/c1-11(2)21(19,20)10-13-5-4-6-14(9-13)17-15(18)8-7-12(3)16;/h4-6,9,11-12H,7-8,10,16H2,1-3H3,(H,17,18);1H. The number of benzene rings is 1. The molecule has 22 heavy (non-hydrogen) atoms. The van der Waals surface area contributed by atoms with Gasteiger partial charge in [-0.1, -0.05) is 12.1 Å². The number of hydrogen-bond donors (Lipinski definition) is 2. The van der Waals surface area contributed by atoms with Gasteiger partial charge in [0.1, 0.15) is 0 Å². The van der Waals surface area contributed by atoms with Crippen molar-refractivity contribution >= 4 is 33.8 Å². The average molecular weight is 349 g/mol. The summed E-state index contributed by atoms with van der Waals surface area (Å²) in [6.45, 7) is 5.18. The van der Waals surface area contributed by atoms with Gasteiger partial charge in [-0.25, -0.2) is 8.42 Å². The Morgan fingerprint density at radius 3 is 2.45 bits per heavy atom. The zero-order valence-electron chi connectivity index (χ0n) is 13.2. The normalized spacial score (nSPS) is 12.6. The summed E-state index contributed by atoms with van der Waals surface area (Å²) in [5.74, 6) is -0.134. The van der Waals surface area contributed by atoms with Crippen LogP contribution in [0.5, 0.6) is 0 Å². The minimum atomic E-state index is -3.15. The minimum Gasteiger partial charge on any atom is -0.328 e. The quantitative estimate of drug-likeness (QED) is 0.792. The summed E-state index contributed by atoms with van der Waals surface area (Å²) in [7, 11) is -3.15. The second-order valence-corrected chi connectivity index (χ2v) is 8.18. The van der Waals surface area contributed by atoms with Gasteiger partial charge in [0, 0.05) is 18.2 Å². The number of anilines is 1. The van der Waals surface area contributed by atoms with Crippen LogP contribution in [0.4, 0.5) is 5.69 Å². The van der Waals surface area contributed by atoms with E-state index in [0.717, 1.165) is 0 Å². The lowest BCUT2D eigenvalue weighted by Crippen LogP contribution is -2.19. The van der Waals surface area contributed by atoms with E-state index in [9.17, 15) is 13.2 Å². The Hall–Kier alpha value is -1.11. The van der Waals surface area contributed by atoms with E-state index in [0.29, 0.717) is 24.1 Å². The van der Waals surface area contributed by atoms with Crippen molar-refractivity contribution < 1.29 is 13.2 Å². The molecule has 0 fully saturated rings. The van der Waals surface area contributed by atoms with Gasteiger partial charge in [-0.3, -0.25) is 4.79 Å². The molecular formula is C15H25ClN2O3S. The molecule has 0 aromatic heterocycles. The van der Waals surface area contributed by atoms with Crippen LogP contribution in [0.15, 0.2) is 24.3 Å². The van der Waals surface area contributed by atoms with E-state index in [1.165, 1.54) is 0 Å². The maximum absolute atomic E-state index is 11.9. The number of nitrogens with two attached hydrogens (primary N) is 1. The molecule has 0 spiro atoms. The van der Waals surface area contributed by atoms with Crippen molar-refractivity contribution in [3.05, 3.63) is 29.8 Å². The van der Waals surface area contributed by atoms with E-state index in [-0.39, 0.29) is 30.1 Å². The first-order valence-electron chi connectivity index (χ1n) is 7.06. The molecule has 126 valence electrons. The summed E-state index contributed by atoms with van der Waals surface area (Å²) in [6, 6.07) is 6.92. The molecule has 7 heteroatoms. The van der Waals surface area contributed by atoms with Crippen LogP contribution in [0, 0.1) is 0 Å². The predicted molar refractivity (Wildman–Crippen MR) is 93.0 cm³/mol. The van der Waals surface area contributed by atoms with Gasteiger partial charge < -0.3 is 11.1 Å². The lowest BCUT2D eigenvalue weighted by atomic mass is 10.2. The van der Waals surface area contributed by atoms with Gasteiger partial charge in [0.05, 0.1) is 11.0 Å². The van der Waals surface area contributed by atoms with Crippen LogP contribution in [-0.2, 0) is 20.4 Å². The van der Waals surface area contributed by atoms with Gasteiger partial charge in [0.2, 0.25) is 5.91 Å². The Morgan fingerprint density at radius 2 is 1.91 bits per heavy atom. The van der Waals surface area contributed by atoms with Gasteiger partial charge in [0.15, 0.2) is 9.84 Å². The zero-order valence-corrected chi connectivity index (χ0v) is 14.8. The van der Waals surface area contributed by atoms with Crippen LogP contribution in [0.1, 0.15) is 39.2 Å². The van der Waals surface area contributed by atoms with E-state index < -0.39 is 15.1 Å². The van der Waals surface area contributed by atoms with Crippen molar-refractivity contribution in [1.29, 1.82) is 0 Å². The zero-order chi connectivity index (χ0) is 16.0. The highest BCUT2D eigenvalue weighted by Gasteiger charge is 2.17. The monoisotopic (exact) mass is 348 g/mol. The fourth-order valence-corrected chi connectivity index (χ4v) is 2.70. The molecule has 1 aromatic carbocycles. The second kappa shape index (κ2) is 9.12. The molecule has 3 N–H and O–H groups in total. The molecule has 0 bridgehead atoms. The minimum absolute atomic E-state index is 0. The first-order valence-corrected chi connectivity index (χ1v) is 8.78. The van der Waals surface area contributed by atoms with Crippen molar-refractivity contribution in [2.45, 2.75) is 50.7 Å². The number of nitrogens with one attached hydrogen (secondary N) is 1. The maximum Gasteiger partial charge on any atom is 0.224 e. The van der Waals surface area contributed by atoms with Crippen LogP contribution >= 0.6 is 12.4 Å². The summed E-state index contributed by atoms with van der Waals surface area (Å²) in [4.78, 5) is 11.7. The second-order valence-electron chi connectivity index (χ2n) is 5.62. The summed E-state index contributed by atoms with van der Waals surface area (Å²) in [6.07, 6.45) is 0.972. The molecule has 0 saturated heterocycles. The van der Waals surface area contributed by atoms with Gasteiger partial charge in [-0.2, -0.15) is 0 Å². The van der Waals surface area contributed by atoms with Gasteiger partial charge >= 0.3 is 0 Å². The summed E-state index contributed by atoms with van der Waals surface area (Å²) in [5.41, 5.74) is 6.90. The van der Waals surface area contributed by atoms with E-state index in [2.05, 4.69) is 5.32 Å². The fourth-order valence-electron chi connectivity index (χ4n) is 1.72. The largest absolute Gasteiger partial charge is 0.328 e. The van der Waals surface area contributed by atoms with Gasteiger partial charge in [-0.15, -0.1) is 12.4 Å². The molecule has 0 saturated carbocycles. The number of amides is 1. The average Bonchev–Trinajstić information content (AvgIpc) is 2.36. The number of carbonyl (C=O) groups is 1. The van der Waals surface area contributed by atoms with Crippen molar-refractivity contribution in [3.8, 4) is 0 Å². The Kier molecular flexibility index (Phi) is 8.66. The smallest absolute Gasteiger partial charge is 0.224 e. The number of carbonyl (C=O) groups excluding carboxylic acids is 1. The third-order valence-electron chi connectivity index (χ3n) is 3.12. The number of rotatable bonds is 7. The molecular weight excluding hydrogens is 324 g/mol. The lowest BCUT2D eigenvalue weighted by molar-refractivity contribution is -0.116. The number of hydrogen-bond acceptors (Lipinski definition) is 4. The third kappa shape index (κ3) is 7.24. The maximum atomic E-state index is 11.9. The van der Waals surface area contributed by atoms with E-state index in [1.54, 1.807) is 38.1 Å². The lowest BCUT2D eigenvalue weighted by Gasteiger charge is -2.10. The van der Waals surface area contributed by atoms with Crippen LogP contribution in [0.2, 0.25) is 0 Å². The van der Waals surface area contributed by atoms with Gasteiger partial charge in [-0.05, 0) is 44.9 Å². The van der Waals surface area contributed by atoms with Gasteiger partial charge in [0.25, 0.3) is 0 Å². The molecule has 0 aliphatic rings. The van der Waals surface area contributed by atoms with E-state index in [4.69, 9.17) is 5.73 Å². The highest BCUT2D eigenvalue weighted by molar-refractivity contribution is 7.91.